The fourth-order valence-corrected chi connectivity index (χ4v) is 3.64. The number of rotatable bonds is 2. The van der Waals surface area contributed by atoms with Crippen molar-refractivity contribution in [1.29, 1.82) is 0 Å². The third-order valence-electron chi connectivity index (χ3n) is 3.53. The molecule has 0 spiro atoms. The average Bonchev–Trinajstić information content (AvgIpc) is 2.50. The van der Waals surface area contributed by atoms with Gasteiger partial charge in [-0.05, 0) is 31.5 Å². The second kappa shape index (κ2) is 5.76. The highest BCUT2D eigenvalue weighted by atomic mass is 35.5. The molecule has 1 fully saturated rings. The number of benzene rings is 1. The Balaban J connectivity index is 2.20. The number of hydrogen-bond acceptors (Lipinski definition) is 3. The third-order valence-corrected chi connectivity index (χ3v) is 5.21. The summed E-state index contributed by atoms with van der Waals surface area (Å²) < 4.78 is 0.334. The van der Waals surface area contributed by atoms with Crippen molar-refractivity contribution in [2.24, 2.45) is 0 Å². The minimum atomic E-state index is 0.0565. The molecule has 0 N–H and O–H groups in total. The summed E-state index contributed by atoms with van der Waals surface area (Å²) in [6, 6.07) is 5.62. The van der Waals surface area contributed by atoms with Gasteiger partial charge >= 0.3 is 0 Å². The van der Waals surface area contributed by atoms with Crippen LogP contribution in [0.15, 0.2) is 18.2 Å². The summed E-state index contributed by atoms with van der Waals surface area (Å²) in [5, 5.41) is 0.678. The van der Waals surface area contributed by atoms with Gasteiger partial charge in [0, 0.05) is 29.2 Å². The molecule has 4 heteroatoms. The molecule has 0 atom stereocenters. The molecule has 0 bridgehead atoms. The van der Waals surface area contributed by atoms with Gasteiger partial charge in [0.1, 0.15) is 0 Å². The van der Waals surface area contributed by atoms with Crippen molar-refractivity contribution in [2.45, 2.75) is 31.9 Å². The number of anilines is 1. The lowest BCUT2D eigenvalue weighted by molar-refractivity contribution is 0.101. The van der Waals surface area contributed by atoms with Crippen LogP contribution in [-0.4, -0.2) is 29.4 Å². The zero-order valence-electron chi connectivity index (χ0n) is 11.7. The first-order chi connectivity index (χ1) is 8.89. The lowest BCUT2D eigenvalue weighted by atomic mass is 10.1. The number of halogens is 1. The first-order valence-electron chi connectivity index (χ1n) is 6.58. The van der Waals surface area contributed by atoms with Crippen LogP contribution in [0.2, 0.25) is 5.02 Å². The van der Waals surface area contributed by atoms with Gasteiger partial charge in [0.25, 0.3) is 0 Å². The zero-order chi connectivity index (χ0) is 14.0. The Hall–Kier alpha value is -0.670. The van der Waals surface area contributed by atoms with E-state index < -0.39 is 0 Å². The number of thioether (sulfide) groups is 1. The maximum atomic E-state index is 11.3. The molecule has 2 rings (SSSR count). The first-order valence-corrected chi connectivity index (χ1v) is 7.95. The number of carbonyl (C=O) groups excluding carboxylic acids is 1. The van der Waals surface area contributed by atoms with Gasteiger partial charge < -0.3 is 4.90 Å². The second-order valence-electron chi connectivity index (χ2n) is 5.57. The fourth-order valence-electron chi connectivity index (χ4n) is 2.24. The van der Waals surface area contributed by atoms with Crippen LogP contribution < -0.4 is 4.90 Å². The number of nitrogens with zero attached hydrogens (tertiary/aromatic N) is 1. The van der Waals surface area contributed by atoms with Gasteiger partial charge in [0.2, 0.25) is 0 Å². The highest BCUT2D eigenvalue weighted by Crippen LogP contribution is 2.34. The summed E-state index contributed by atoms with van der Waals surface area (Å²) in [4.78, 5) is 13.7. The van der Waals surface area contributed by atoms with E-state index in [0.717, 1.165) is 31.0 Å². The topological polar surface area (TPSA) is 20.3 Å². The van der Waals surface area contributed by atoms with Gasteiger partial charge in [-0.2, -0.15) is 11.8 Å². The van der Waals surface area contributed by atoms with E-state index >= 15 is 0 Å². The molecule has 1 aliphatic rings. The second-order valence-corrected chi connectivity index (χ2v) is 7.78. The Bertz CT molecular complexity index is 487. The quantitative estimate of drug-likeness (QED) is 0.761. The minimum Gasteiger partial charge on any atom is -0.369 e. The number of Topliss-reactive ketones (excluding diaryl/α,β-unsaturated/α-hetero) is 1. The van der Waals surface area contributed by atoms with Gasteiger partial charge in [-0.25, -0.2) is 0 Å². The van der Waals surface area contributed by atoms with E-state index in [9.17, 15) is 4.79 Å². The zero-order valence-corrected chi connectivity index (χ0v) is 13.3. The van der Waals surface area contributed by atoms with Crippen molar-refractivity contribution in [2.75, 3.05) is 23.7 Å². The normalized spacial score (nSPS) is 19.1. The number of hydrogen-bond donors (Lipinski definition) is 0. The van der Waals surface area contributed by atoms with Gasteiger partial charge in [-0.1, -0.05) is 25.4 Å². The molecule has 0 saturated carbocycles. The molecule has 1 aliphatic heterocycles. The van der Waals surface area contributed by atoms with Crippen LogP contribution in [0.4, 0.5) is 5.69 Å². The highest BCUT2D eigenvalue weighted by Gasteiger charge is 2.24. The van der Waals surface area contributed by atoms with Crippen LogP contribution in [0.5, 0.6) is 0 Å². The Morgan fingerprint density at radius 1 is 1.37 bits per heavy atom. The molecule has 2 nitrogen and oxygen atoms in total. The number of ketones is 1. The number of carbonyl (C=O) groups is 1. The summed E-state index contributed by atoms with van der Waals surface area (Å²) in [5.41, 5.74) is 1.73. The monoisotopic (exact) mass is 297 g/mol. The van der Waals surface area contributed by atoms with Crippen molar-refractivity contribution in [1.82, 2.24) is 0 Å². The van der Waals surface area contributed by atoms with Crippen LogP contribution in [0.3, 0.4) is 0 Å². The summed E-state index contributed by atoms with van der Waals surface area (Å²) in [7, 11) is 0. The Morgan fingerprint density at radius 2 is 2.11 bits per heavy atom. The molecular formula is C15H20ClNOS. The first kappa shape index (κ1) is 14.7. The summed E-state index contributed by atoms with van der Waals surface area (Å²) in [6.07, 6.45) is 1.14. The Morgan fingerprint density at radius 3 is 2.74 bits per heavy atom. The molecule has 1 heterocycles. The molecule has 1 aromatic rings. The molecule has 0 amide bonds. The molecular weight excluding hydrogens is 278 g/mol. The van der Waals surface area contributed by atoms with Gasteiger partial charge in [0.15, 0.2) is 5.78 Å². The fraction of sp³-hybridized carbons (Fsp3) is 0.533. The lowest BCUT2D eigenvalue weighted by Crippen LogP contribution is -2.27. The van der Waals surface area contributed by atoms with Gasteiger partial charge in [0.05, 0.1) is 10.7 Å². The van der Waals surface area contributed by atoms with Crippen LogP contribution in [-0.2, 0) is 0 Å². The predicted octanol–water partition coefficient (Wildman–Crippen LogP) is 4.26. The van der Waals surface area contributed by atoms with E-state index in [-0.39, 0.29) is 5.78 Å². The van der Waals surface area contributed by atoms with Crippen molar-refractivity contribution in [3.63, 3.8) is 0 Å². The van der Waals surface area contributed by atoms with E-state index in [4.69, 9.17) is 11.6 Å². The molecule has 1 saturated heterocycles. The van der Waals surface area contributed by atoms with Crippen LogP contribution in [0.1, 0.15) is 37.6 Å². The average molecular weight is 298 g/mol. The Labute approximate surface area is 124 Å². The molecule has 0 aromatic heterocycles. The van der Waals surface area contributed by atoms with Crippen LogP contribution in [0, 0.1) is 0 Å². The van der Waals surface area contributed by atoms with E-state index in [0.29, 0.717) is 15.3 Å². The maximum Gasteiger partial charge on any atom is 0.159 e. The van der Waals surface area contributed by atoms with E-state index in [1.54, 1.807) is 13.0 Å². The SMILES string of the molecule is CC(=O)c1ccc(N2CCSC(C)(C)CC2)c(Cl)c1. The molecule has 1 aromatic carbocycles. The molecule has 0 radical (unpaired) electrons. The van der Waals surface area contributed by atoms with Crippen molar-refractivity contribution in [3.8, 4) is 0 Å². The molecule has 104 valence electrons. The lowest BCUT2D eigenvalue weighted by Gasteiger charge is -2.25. The van der Waals surface area contributed by atoms with Crippen molar-refractivity contribution < 1.29 is 4.79 Å². The third kappa shape index (κ3) is 3.67. The highest BCUT2D eigenvalue weighted by molar-refractivity contribution is 8.00. The van der Waals surface area contributed by atoms with Gasteiger partial charge in [-0.3, -0.25) is 4.79 Å². The Kier molecular flexibility index (Phi) is 4.46. The van der Waals surface area contributed by atoms with Crippen molar-refractivity contribution >= 4 is 34.8 Å². The maximum absolute atomic E-state index is 11.3. The molecule has 19 heavy (non-hydrogen) atoms. The summed E-state index contributed by atoms with van der Waals surface area (Å²) in [6.45, 7) is 8.17. The minimum absolute atomic E-state index is 0.0565. The van der Waals surface area contributed by atoms with E-state index in [1.165, 1.54) is 0 Å². The van der Waals surface area contributed by atoms with Crippen LogP contribution >= 0.6 is 23.4 Å². The van der Waals surface area contributed by atoms with Gasteiger partial charge in [-0.15, -0.1) is 0 Å². The largest absolute Gasteiger partial charge is 0.369 e. The van der Waals surface area contributed by atoms with Crippen molar-refractivity contribution in [3.05, 3.63) is 28.8 Å². The molecule has 0 aliphatic carbocycles. The molecule has 0 unspecified atom stereocenters. The van der Waals surface area contributed by atoms with E-state index in [2.05, 4.69) is 18.7 Å². The predicted molar refractivity (Wildman–Crippen MR) is 84.8 cm³/mol. The standard InChI is InChI=1S/C15H20ClNOS/c1-11(18)12-4-5-14(13(16)10-12)17-7-6-15(2,3)19-9-8-17/h4-5,10H,6-9H2,1-3H3. The summed E-state index contributed by atoms with van der Waals surface area (Å²) in [5.74, 6) is 1.17. The smallest absolute Gasteiger partial charge is 0.159 e. The van der Waals surface area contributed by atoms with Crippen LogP contribution in [0.25, 0.3) is 0 Å². The van der Waals surface area contributed by atoms with E-state index in [1.807, 2.05) is 23.9 Å². The summed E-state index contributed by atoms with van der Waals surface area (Å²) >= 11 is 8.35.